The van der Waals surface area contributed by atoms with Gasteiger partial charge in [-0.15, -0.1) is 5.10 Å². The van der Waals surface area contributed by atoms with Crippen molar-refractivity contribution in [2.45, 2.75) is 38.9 Å². The molecule has 0 bridgehead atoms. The molecule has 1 unspecified atom stereocenters. The summed E-state index contributed by atoms with van der Waals surface area (Å²) in [5.41, 5.74) is 4.07. The summed E-state index contributed by atoms with van der Waals surface area (Å²) in [5, 5.41) is 10.0. The van der Waals surface area contributed by atoms with Crippen molar-refractivity contribution >= 4 is 13.5 Å². The predicted molar refractivity (Wildman–Crippen MR) is 168 cm³/mol. The molecule has 0 fully saturated rings. The Hall–Kier alpha value is -4.40. The van der Waals surface area contributed by atoms with Crippen molar-refractivity contribution in [3.05, 3.63) is 144 Å². The number of hydrogen-bond donors (Lipinski definition) is 0. The molecule has 5 aromatic rings. The highest BCUT2D eigenvalue weighted by Gasteiger charge is 2.39. The minimum atomic E-state index is -3.96. The normalized spacial score (nSPS) is 12.1. The third kappa shape index (κ3) is 8.58. The summed E-state index contributed by atoms with van der Waals surface area (Å²) in [5.74, 6) is -1.20. The van der Waals surface area contributed by atoms with E-state index in [0.29, 0.717) is 5.69 Å². The fraction of sp³-hybridized carbons (Fsp3) is 0.206. The maximum absolute atomic E-state index is 14.9. The summed E-state index contributed by atoms with van der Waals surface area (Å²) in [6.45, 7) is 1.87. The van der Waals surface area contributed by atoms with Crippen LogP contribution in [-0.2, 0) is 43.1 Å². The van der Waals surface area contributed by atoms with E-state index < -0.39 is 13.4 Å². The van der Waals surface area contributed by atoms with E-state index in [1.54, 1.807) is 6.20 Å². The highest BCUT2D eigenvalue weighted by molar-refractivity contribution is 7.53. The van der Waals surface area contributed by atoms with Crippen molar-refractivity contribution in [2.24, 2.45) is 0 Å². The predicted octanol–water partition coefficient (Wildman–Crippen LogP) is 7.44. The zero-order chi connectivity index (χ0) is 30.6. The Morgan fingerprint density at radius 3 is 1.73 bits per heavy atom. The molecule has 0 N–H and O–H groups in total. The second kappa shape index (κ2) is 15.4. The molecule has 1 atom stereocenters. The van der Waals surface area contributed by atoms with Crippen molar-refractivity contribution in [3.8, 4) is 11.3 Å². The molecule has 10 heteroatoms. The number of aromatic nitrogens is 3. The highest BCUT2D eigenvalue weighted by Crippen LogP contribution is 2.61. The van der Waals surface area contributed by atoms with Gasteiger partial charge in [-0.2, -0.15) is 0 Å². The second-order valence-corrected chi connectivity index (χ2v) is 12.3. The van der Waals surface area contributed by atoms with Gasteiger partial charge in [0.1, 0.15) is 12.3 Å². The summed E-state index contributed by atoms with van der Waals surface area (Å²) in [4.78, 5) is 18.5. The van der Waals surface area contributed by atoms with Gasteiger partial charge in [0.25, 0.3) is 0 Å². The lowest BCUT2D eigenvalue weighted by atomic mass is 10.2. The van der Waals surface area contributed by atoms with Gasteiger partial charge in [0.05, 0.1) is 26.0 Å². The molecule has 0 saturated carbocycles. The molecule has 0 saturated heterocycles. The zero-order valence-electron chi connectivity index (χ0n) is 24.5. The van der Waals surface area contributed by atoms with Crippen LogP contribution in [0.15, 0.2) is 128 Å². The van der Waals surface area contributed by atoms with Crippen LogP contribution in [0.4, 0.5) is 0 Å². The minimum Gasteiger partial charge on any atom is -0.302 e. The van der Waals surface area contributed by atoms with Gasteiger partial charge in [-0.1, -0.05) is 127 Å². The molecule has 44 heavy (non-hydrogen) atoms. The number of amides is 1. The Morgan fingerprint density at radius 2 is 1.23 bits per heavy atom. The molecular formula is C34H35N4O5P. The molecule has 226 valence electrons. The lowest BCUT2D eigenvalue weighted by Crippen LogP contribution is -2.31. The number of hydrogen-bond acceptors (Lipinski definition) is 7. The van der Waals surface area contributed by atoms with E-state index in [-0.39, 0.29) is 38.7 Å². The standard InChI is InChI=1S/C34H35N4O5P/c1-28(39)38(41-25-29-14-6-2-7-15-29)23-22-34(37-24-33(35-36-37)32-20-12-5-13-21-32)44(40,42-26-30-16-8-3-9-17-30)43-27-31-18-10-4-11-19-31/h2-21,24,34H,22-23,25-27H2,1H3. The SMILES string of the molecule is CC(=O)N(CCC(n1cc(-c2ccccc2)nn1)P(=O)(OCc1ccccc1)OCc1ccccc1)OCc1ccccc1. The minimum absolute atomic E-state index is 0.0601. The molecule has 9 nitrogen and oxygen atoms in total. The number of hydroxylamine groups is 2. The van der Waals surface area contributed by atoms with Crippen LogP contribution in [0, 0.1) is 0 Å². The van der Waals surface area contributed by atoms with Crippen molar-refractivity contribution in [3.63, 3.8) is 0 Å². The lowest BCUT2D eigenvalue weighted by molar-refractivity contribution is -0.189. The van der Waals surface area contributed by atoms with Crippen molar-refractivity contribution in [1.29, 1.82) is 0 Å². The fourth-order valence-corrected chi connectivity index (χ4v) is 6.47. The summed E-state index contributed by atoms with van der Waals surface area (Å²) in [6, 6.07) is 38.2. The van der Waals surface area contributed by atoms with Crippen LogP contribution in [0.3, 0.4) is 0 Å². The van der Waals surface area contributed by atoms with Gasteiger partial charge < -0.3 is 9.05 Å². The van der Waals surface area contributed by atoms with Crippen LogP contribution in [0.1, 0.15) is 35.8 Å². The van der Waals surface area contributed by atoms with Crippen molar-refractivity contribution < 1.29 is 23.2 Å². The van der Waals surface area contributed by atoms with Crippen LogP contribution in [0.2, 0.25) is 0 Å². The first-order valence-corrected chi connectivity index (χ1v) is 16.0. The summed E-state index contributed by atoms with van der Waals surface area (Å²) in [7, 11) is -3.96. The number of nitrogens with zero attached hydrogens (tertiary/aromatic N) is 4. The molecule has 5 rings (SSSR count). The fourth-order valence-electron chi connectivity index (χ4n) is 4.56. The van der Waals surface area contributed by atoms with E-state index in [9.17, 15) is 9.36 Å². The molecule has 1 amide bonds. The van der Waals surface area contributed by atoms with E-state index in [0.717, 1.165) is 22.3 Å². The molecule has 0 aliphatic rings. The maximum atomic E-state index is 14.9. The van der Waals surface area contributed by atoms with Crippen LogP contribution in [-0.4, -0.2) is 32.5 Å². The van der Waals surface area contributed by atoms with Gasteiger partial charge in [-0.3, -0.25) is 14.2 Å². The summed E-state index contributed by atoms with van der Waals surface area (Å²) in [6.07, 6.45) is 1.89. The van der Waals surface area contributed by atoms with E-state index in [1.807, 2.05) is 121 Å². The maximum Gasteiger partial charge on any atom is 0.355 e. The largest absolute Gasteiger partial charge is 0.355 e. The monoisotopic (exact) mass is 610 g/mol. The lowest BCUT2D eigenvalue weighted by Gasteiger charge is -2.29. The summed E-state index contributed by atoms with van der Waals surface area (Å²) >= 11 is 0. The second-order valence-electron chi connectivity index (χ2n) is 10.2. The van der Waals surface area contributed by atoms with Crippen LogP contribution >= 0.6 is 7.60 Å². The number of carbonyl (C=O) groups is 1. The van der Waals surface area contributed by atoms with Gasteiger partial charge >= 0.3 is 7.60 Å². The Labute approximate surface area is 257 Å². The average molecular weight is 611 g/mol. The first-order valence-electron chi connectivity index (χ1n) is 14.4. The number of rotatable bonds is 15. The third-order valence-corrected chi connectivity index (χ3v) is 9.13. The smallest absolute Gasteiger partial charge is 0.302 e. The van der Waals surface area contributed by atoms with Gasteiger partial charge in [0.15, 0.2) is 5.78 Å². The Morgan fingerprint density at radius 1 is 0.750 bits per heavy atom. The van der Waals surface area contributed by atoms with Gasteiger partial charge in [0.2, 0.25) is 5.91 Å². The Kier molecular flexibility index (Phi) is 10.8. The number of carbonyl (C=O) groups excluding carboxylic acids is 1. The molecule has 1 heterocycles. The van der Waals surface area contributed by atoms with E-state index in [4.69, 9.17) is 13.9 Å². The number of benzene rings is 4. The zero-order valence-corrected chi connectivity index (χ0v) is 25.4. The van der Waals surface area contributed by atoms with E-state index in [2.05, 4.69) is 10.3 Å². The average Bonchev–Trinajstić information content (AvgIpc) is 3.56. The first kappa shape index (κ1) is 31.0. The quantitative estimate of drug-likeness (QED) is 0.0898. The van der Waals surface area contributed by atoms with E-state index in [1.165, 1.54) is 16.7 Å². The third-order valence-electron chi connectivity index (χ3n) is 6.93. The van der Waals surface area contributed by atoms with Gasteiger partial charge in [-0.05, 0) is 16.7 Å². The van der Waals surface area contributed by atoms with E-state index >= 15 is 0 Å². The Bertz CT molecular complexity index is 1590. The molecule has 4 aromatic carbocycles. The summed E-state index contributed by atoms with van der Waals surface area (Å²) < 4.78 is 28.8. The molecule has 0 aliphatic carbocycles. The topological polar surface area (TPSA) is 95.8 Å². The van der Waals surface area contributed by atoms with Crippen molar-refractivity contribution in [1.82, 2.24) is 20.1 Å². The van der Waals surface area contributed by atoms with Gasteiger partial charge in [-0.25, -0.2) is 9.75 Å². The molecule has 0 radical (unpaired) electrons. The molecule has 1 aromatic heterocycles. The van der Waals surface area contributed by atoms with Crippen LogP contribution in [0.25, 0.3) is 11.3 Å². The van der Waals surface area contributed by atoms with Gasteiger partial charge in [0, 0.05) is 18.9 Å². The van der Waals surface area contributed by atoms with Crippen molar-refractivity contribution in [2.75, 3.05) is 6.54 Å². The molecule has 0 spiro atoms. The Balaban J connectivity index is 1.44. The first-order chi connectivity index (χ1) is 21.5. The highest BCUT2D eigenvalue weighted by atomic mass is 31.2. The van der Waals surface area contributed by atoms with Crippen LogP contribution in [0.5, 0.6) is 0 Å². The molecule has 0 aliphatic heterocycles. The molecular weight excluding hydrogens is 575 g/mol. The van der Waals surface area contributed by atoms with Crippen LogP contribution < -0.4 is 0 Å².